The number of aromatic nitrogens is 1. The van der Waals surface area contributed by atoms with Crippen LogP contribution in [-0.2, 0) is 17.4 Å². The second-order valence-electron chi connectivity index (χ2n) is 18.3. The summed E-state index contributed by atoms with van der Waals surface area (Å²) in [5.74, 6) is -2.65. The van der Waals surface area contributed by atoms with Gasteiger partial charge >= 0.3 is 0 Å². The number of unbranched alkanes of at least 4 members (excludes halogenated alkanes) is 2. The van der Waals surface area contributed by atoms with Crippen LogP contribution in [-0.4, -0.2) is 74.5 Å². The fraction of sp³-hybridized carbons (Fsp3) is 0.683. The van der Waals surface area contributed by atoms with Crippen LogP contribution in [0.1, 0.15) is 131 Å². The molecule has 13 heteroatoms. The molecule has 0 saturated heterocycles. The van der Waals surface area contributed by atoms with Gasteiger partial charge in [-0.05, 0) is 90.3 Å². The molecule has 0 saturated carbocycles. The molecule has 2 N–H and O–H groups in total. The smallest absolute Gasteiger partial charge is 0.265 e. The summed E-state index contributed by atoms with van der Waals surface area (Å²) in [7, 11) is 0.886. The molecule has 0 amide bonds. The first-order chi connectivity index (χ1) is 25.1. The maximum atomic E-state index is 16.9. The first-order valence-electron chi connectivity index (χ1n) is 19.5. The van der Waals surface area contributed by atoms with Gasteiger partial charge in [0.1, 0.15) is 22.9 Å². The van der Waals surface area contributed by atoms with Crippen molar-refractivity contribution >= 4 is 35.8 Å². The van der Waals surface area contributed by atoms with Gasteiger partial charge < -0.3 is 28.8 Å². The monoisotopic (exact) mass is 833 g/mol. The van der Waals surface area contributed by atoms with Gasteiger partial charge in [-0.25, -0.2) is 4.39 Å². The predicted octanol–water partition coefficient (Wildman–Crippen LogP) is 9.52. The number of hydrogen-bond acceptors (Lipinski definition) is 10. The van der Waals surface area contributed by atoms with Crippen LogP contribution in [0.25, 0.3) is 0 Å². The third-order valence-electron chi connectivity index (χ3n) is 11.6. The number of carbonyl (C=O) groups excluding carboxylic acids is 2. The number of fused-ring (bicyclic) bond motifs is 4. The van der Waals surface area contributed by atoms with E-state index in [-0.39, 0.29) is 63.7 Å². The number of nitrogens with one attached hydrogen (secondary N) is 1. The number of rotatable bonds is 14. The second-order valence-corrected chi connectivity index (χ2v) is 23.8. The number of aliphatic hydroxyl groups excluding tert-OH is 1. The van der Waals surface area contributed by atoms with Crippen LogP contribution in [0.5, 0.6) is 11.6 Å². The molecule has 3 aliphatic carbocycles. The molecular formula is C41H61BrFN3O7Si. The molecule has 0 radical (unpaired) electrons. The molecule has 0 fully saturated rings. The third-order valence-corrected chi connectivity index (χ3v) is 16.9. The SMILES string of the molecule is CCCCOc1noc2c1C(=O)[C@@]1(O[Si](C)(C)C(C)(C)C)C(O)=C3C(=O)c4c(c(F)c(CNCC(C)(C)C)c(Br)c4OCCCC)C[C@H]3C[C@H]1[C@@H]2N(C)C. The molecule has 1 aromatic carbocycles. The normalized spacial score (nSPS) is 23.0. The lowest BCUT2D eigenvalue weighted by atomic mass is 9.58. The molecule has 0 spiro atoms. The number of halogens is 2. The van der Waals surface area contributed by atoms with Crippen molar-refractivity contribution < 1.29 is 37.5 Å². The van der Waals surface area contributed by atoms with E-state index in [0.717, 1.165) is 25.7 Å². The van der Waals surface area contributed by atoms with Crippen molar-refractivity contribution in [3.05, 3.63) is 49.6 Å². The highest BCUT2D eigenvalue weighted by molar-refractivity contribution is 9.10. The molecule has 54 heavy (non-hydrogen) atoms. The minimum atomic E-state index is -2.88. The van der Waals surface area contributed by atoms with Crippen molar-refractivity contribution in [1.29, 1.82) is 0 Å². The van der Waals surface area contributed by atoms with Crippen molar-refractivity contribution in [2.24, 2.45) is 17.3 Å². The average Bonchev–Trinajstić information content (AvgIpc) is 3.48. The summed E-state index contributed by atoms with van der Waals surface area (Å²) < 4.78 is 42.8. The first kappa shape index (κ1) is 42.6. The van der Waals surface area contributed by atoms with E-state index in [0.29, 0.717) is 35.6 Å². The van der Waals surface area contributed by atoms with Crippen LogP contribution in [0, 0.1) is 23.1 Å². The summed E-state index contributed by atoms with van der Waals surface area (Å²) in [6.45, 7) is 22.2. The number of ether oxygens (including phenoxy) is 2. The van der Waals surface area contributed by atoms with E-state index in [2.05, 4.69) is 67.9 Å². The van der Waals surface area contributed by atoms with Crippen molar-refractivity contribution in [2.45, 2.75) is 130 Å². The largest absolute Gasteiger partial charge is 0.508 e. The maximum Gasteiger partial charge on any atom is 0.265 e. The molecule has 0 bridgehead atoms. The zero-order valence-electron chi connectivity index (χ0n) is 34.4. The Morgan fingerprint density at radius 2 is 1.69 bits per heavy atom. The van der Waals surface area contributed by atoms with E-state index in [9.17, 15) is 5.11 Å². The molecule has 3 aliphatic rings. The Kier molecular flexibility index (Phi) is 12.4. The number of ketones is 2. The topological polar surface area (TPSA) is 123 Å². The zero-order valence-corrected chi connectivity index (χ0v) is 36.9. The Balaban J connectivity index is 1.77. The second kappa shape index (κ2) is 15.7. The minimum absolute atomic E-state index is 0.0297. The van der Waals surface area contributed by atoms with Gasteiger partial charge in [-0.15, -0.1) is 0 Å². The number of hydrogen-bond donors (Lipinski definition) is 2. The zero-order chi connectivity index (χ0) is 40.1. The van der Waals surface area contributed by atoms with Crippen LogP contribution in [0.4, 0.5) is 4.39 Å². The first-order valence-corrected chi connectivity index (χ1v) is 23.2. The van der Waals surface area contributed by atoms with E-state index in [1.54, 1.807) is 0 Å². The number of nitrogens with zero attached hydrogens (tertiary/aromatic N) is 2. The summed E-state index contributed by atoms with van der Waals surface area (Å²) >= 11 is 3.64. The van der Waals surface area contributed by atoms with Crippen LogP contribution < -0.4 is 14.8 Å². The van der Waals surface area contributed by atoms with Gasteiger partial charge in [0.05, 0.1) is 29.3 Å². The summed E-state index contributed by atoms with van der Waals surface area (Å²) in [5, 5.41) is 20.1. The van der Waals surface area contributed by atoms with E-state index in [4.69, 9.17) is 18.4 Å². The van der Waals surface area contributed by atoms with Gasteiger partial charge in [0.25, 0.3) is 5.88 Å². The number of allylic oxidation sites excluding steroid dienone is 1. The Labute approximate surface area is 330 Å². The summed E-state index contributed by atoms with van der Waals surface area (Å²) in [6.07, 6.45) is 3.60. The van der Waals surface area contributed by atoms with Crippen LogP contribution in [0.15, 0.2) is 20.3 Å². The van der Waals surface area contributed by atoms with Crippen molar-refractivity contribution in [1.82, 2.24) is 15.4 Å². The summed E-state index contributed by atoms with van der Waals surface area (Å²) in [5.41, 5.74) is -1.05. The van der Waals surface area contributed by atoms with Gasteiger partial charge in [-0.2, -0.15) is 0 Å². The van der Waals surface area contributed by atoms with Gasteiger partial charge in [0, 0.05) is 35.7 Å². The molecule has 10 nitrogen and oxygen atoms in total. The molecule has 4 atom stereocenters. The third kappa shape index (κ3) is 7.48. The van der Waals surface area contributed by atoms with Gasteiger partial charge in [-0.3, -0.25) is 14.5 Å². The molecule has 5 rings (SSSR count). The molecule has 0 unspecified atom stereocenters. The molecule has 2 aromatic rings. The van der Waals surface area contributed by atoms with Gasteiger partial charge in [0.15, 0.2) is 25.5 Å². The Morgan fingerprint density at radius 1 is 1.06 bits per heavy atom. The predicted molar refractivity (Wildman–Crippen MR) is 214 cm³/mol. The number of Topliss-reactive ketones (excluding diaryl/α,β-unsaturated/α-hetero) is 2. The molecule has 300 valence electrons. The lowest BCUT2D eigenvalue weighted by molar-refractivity contribution is -0.0481. The Hall–Kier alpha value is -2.58. The Bertz CT molecular complexity index is 1790. The van der Waals surface area contributed by atoms with E-state index >= 15 is 14.0 Å². The van der Waals surface area contributed by atoms with Gasteiger partial charge in [-0.1, -0.05) is 68.2 Å². The fourth-order valence-corrected chi connectivity index (χ4v) is 9.90. The van der Waals surface area contributed by atoms with Crippen LogP contribution >= 0.6 is 15.9 Å². The number of carbonyl (C=O) groups is 2. The van der Waals surface area contributed by atoms with Crippen LogP contribution in [0.2, 0.25) is 18.1 Å². The molecular weight excluding hydrogens is 773 g/mol. The standard InChI is InChI=1S/C41H61BrFN3O7Si/c1-13-15-17-50-34-28-24(31(43)25(30(34)42)21-44-22-39(3,4)5)19-23-20-26-32(46(9)10)35-29(38(45-52-35)51-18-16-14-2)37(49)41(26,36(48)27(23)33(28)47)53-54(11,12)40(6,7)8/h23,26,32,44,48H,13-22H2,1-12H3/t23-,26-,32-,41-/m0/s1. The van der Waals surface area contributed by atoms with Crippen molar-refractivity contribution in [3.63, 3.8) is 0 Å². The maximum absolute atomic E-state index is 16.9. The molecule has 1 heterocycles. The quantitative estimate of drug-likeness (QED) is 0.141. The minimum Gasteiger partial charge on any atom is -0.508 e. The summed E-state index contributed by atoms with van der Waals surface area (Å²) in [6, 6.07) is -0.585. The number of aliphatic hydroxyl groups is 1. The van der Waals surface area contributed by atoms with Crippen molar-refractivity contribution in [2.75, 3.05) is 33.9 Å². The fourth-order valence-electron chi connectivity index (χ4n) is 7.82. The van der Waals surface area contributed by atoms with Crippen LogP contribution in [0.3, 0.4) is 0 Å². The molecule has 0 aliphatic heterocycles. The highest BCUT2D eigenvalue weighted by Gasteiger charge is 2.67. The lowest BCUT2D eigenvalue weighted by Crippen LogP contribution is -2.65. The molecule has 1 aromatic heterocycles. The Morgan fingerprint density at radius 3 is 2.26 bits per heavy atom. The highest BCUT2D eigenvalue weighted by Crippen LogP contribution is 2.60. The van der Waals surface area contributed by atoms with E-state index in [1.165, 1.54) is 0 Å². The van der Waals surface area contributed by atoms with E-state index in [1.807, 2.05) is 45.9 Å². The highest BCUT2D eigenvalue weighted by atomic mass is 79.9. The number of benzene rings is 1. The van der Waals surface area contributed by atoms with E-state index < -0.39 is 54.9 Å². The lowest BCUT2D eigenvalue weighted by Gasteiger charge is -2.55. The van der Waals surface area contributed by atoms with Crippen molar-refractivity contribution in [3.8, 4) is 11.6 Å². The summed E-state index contributed by atoms with van der Waals surface area (Å²) in [4.78, 5) is 32.4. The van der Waals surface area contributed by atoms with Gasteiger partial charge in [0.2, 0.25) is 5.78 Å². The average molecular weight is 835 g/mol.